The maximum Gasteiger partial charge on any atom is 0.306 e. The van der Waals surface area contributed by atoms with Crippen molar-refractivity contribution in [2.45, 2.75) is 194 Å². The normalized spacial score (nSPS) is 13.0. The average molecular weight is 791 g/mol. The molecule has 1 atom stereocenters. The molecule has 0 bridgehead atoms. The molecule has 0 saturated carbocycles. The number of esters is 3. The van der Waals surface area contributed by atoms with Gasteiger partial charge in [0.2, 0.25) is 0 Å². The van der Waals surface area contributed by atoms with Gasteiger partial charge in [0.1, 0.15) is 13.2 Å². The molecule has 322 valence electrons. The van der Waals surface area contributed by atoms with Gasteiger partial charge in [-0.25, -0.2) is 0 Å². The molecule has 0 aliphatic carbocycles. The highest BCUT2D eigenvalue weighted by Gasteiger charge is 2.19. The van der Waals surface area contributed by atoms with Crippen molar-refractivity contribution in [2.24, 2.45) is 0 Å². The summed E-state index contributed by atoms with van der Waals surface area (Å²) in [4.78, 5) is 37.7. The number of ether oxygens (including phenoxy) is 3. The average Bonchev–Trinajstić information content (AvgIpc) is 3.21. The second kappa shape index (κ2) is 45.0. The molecule has 0 heterocycles. The Kier molecular flexibility index (Phi) is 42.1. The summed E-state index contributed by atoms with van der Waals surface area (Å²) >= 11 is 0. The van der Waals surface area contributed by atoms with Crippen molar-refractivity contribution in [2.75, 3.05) is 13.2 Å². The van der Waals surface area contributed by atoms with E-state index >= 15 is 0 Å². The zero-order valence-corrected chi connectivity index (χ0v) is 36.6. The number of allylic oxidation sites excluding steroid dienone is 16. The first-order chi connectivity index (χ1) is 28.0. The lowest BCUT2D eigenvalue weighted by molar-refractivity contribution is -0.167. The lowest BCUT2D eigenvalue weighted by Gasteiger charge is -2.18. The summed E-state index contributed by atoms with van der Waals surface area (Å²) in [5.74, 6) is -1.01. The smallest absolute Gasteiger partial charge is 0.306 e. The molecule has 0 N–H and O–H groups in total. The van der Waals surface area contributed by atoms with Gasteiger partial charge >= 0.3 is 17.9 Å². The van der Waals surface area contributed by atoms with E-state index in [9.17, 15) is 14.4 Å². The van der Waals surface area contributed by atoms with Crippen molar-refractivity contribution < 1.29 is 28.6 Å². The van der Waals surface area contributed by atoms with E-state index in [2.05, 4.69) is 81.5 Å². The van der Waals surface area contributed by atoms with E-state index in [0.29, 0.717) is 19.3 Å². The second-order valence-corrected chi connectivity index (χ2v) is 14.6. The molecule has 6 nitrogen and oxygen atoms in total. The van der Waals surface area contributed by atoms with Crippen LogP contribution in [0.1, 0.15) is 188 Å². The Labute approximate surface area is 349 Å². The third-order valence-electron chi connectivity index (χ3n) is 9.15. The maximum atomic E-state index is 12.7. The van der Waals surface area contributed by atoms with Crippen LogP contribution < -0.4 is 0 Å². The fourth-order valence-corrected chi connectivity index (χ4v) is 5.75. The minimum Gasteiger partial charge on any atom is -0.462 e. The molecular weight excluding hydrogens is 709 g/mol. The minimum atomic E-state index is -0.812. The van der Waals surface area contributed by atoms with Crippen LogP contribution in [-0.2, 0) is 28.6 Å². The van der Waals surface area contributed by atoms with Gasteiger partial charge < -0.3 is 14.2 Å². The molecule has 1 unspecified atom stereocenters. The zero-order chi connectivity index (χ0) is 41.5. The third kappa shape index (κ3) is 43.3. The van der Waals surface area contributed by atoms with Crippen LogP contribution in [0, 0.1) is 0 Å². The summed E-state index contributed by atoms with van der Waals surface area (Å²) in [7, 11) is 0. The van der Waals surface area contributed by atoms with E-state index in [1.165, 1.54) is 51.4 Å². The Morgan fingerprint density at radius 3 is 1.32 bits per heavy atom. The number of carbonyl (C=O) groups excluding carboxylic acids is 3. The summed E-state index contributed by atoms with van der Waals surface area (Å²) in [5.41, 5.74) is 0. The van der Waals surface area contributed by atoms with Gasteiger partial charge in [-0.15, -0.1) is 0 Å². The quantitative estimate of drug-likeness (QED) is 0.0203. The van der Waals surface area contributed by atoms with Gasteiger partial charge in [-0.1, -0.05) is 169 Å². The summed E-state index contributed by atoms with van der Waals surface area (Å²) in [6.45, 7) is 6.24. The predicted molar refractivity (Wildman–Crippen MR) is 242 cm³/mol. The van der Waals surface area contributed by atoms with Gasteiger partial charge in [0.25, 0.3) is 0 Å². The standard InChI is InChI=1S/C51H82O6/c1-4-7-10-13-16-19-21-23-24-25-26-28-29-32-35-38-41-44-50(53)56-47-48(46-55-49(52)43-40-37-34-31-18-15-12-9-6-3)57-51(54)45-42-39-36-33-30-27-22-20-17-14-11-8-5-2/h8-9,11-12,14,16-20,22-24,27,30-31,48H,4-7,10,13,15,21,25-26,28-29,32-47H2,1-3H3/b11-8-,12-9-,17-14-,19-16-,22-20-,24-23-,30-27-,31-18-. The van der Waals surface area contributed by atoms with Crippen LogP contribution in [0.4, 0.5) is 0 Å². The van der Waals surface area contributed by atoms with Crippen LogP contribution in [0.2, 0.25) is 0 Å². The van der Waals surface area contributed by atoms with Crippen molar-refractivity contribution in [1.82, 2.24) is 0 Å². The van der Waals surface area contributed by atoms with Crippen LogP contribution in [0.5, 0.6) is 0 Å². The molecule has 0 aliphatic heterocycles. The topological polar surface area (TPSA) is 78.9 Å². The Morgan fingerprint density at radius 2 is 0.772 bits per heavy atom. The summed E-state index contributed by atoms with van der Waals surface area (Å²) in [6, 6.07) is 0. The molecule has 0 aromatic rings. The molecule has 0 aromatic carbocycles. The molecule has 0 rings (SSSR count). The summed E-state index contributed by atoms with van der Waals surface area (Å²) < 4.78 is 16.6. The van der Waals surface area contributed by atoms with E-state index in [-0.39, 0.29) is 37.5 Å². The molecule has 0 fully saturated rings. The molecule has 0 amide bonds. The molecule has 0 spiro atoms. The Hall–Kier alpha value is -3.67. The van der Waals surface area contributed by atoms with E-state index < -0.39 is 6.10 Å². The molecule has 0 aliphatic rings. The van der Waals surface area contributed by atoms with Gasteiger partial charge in [0, 0.05) is 19.3 Å². The van der Waals surface area contributed by atoms with Gasteiger partial charge in [-0.3, -0.25) is 14.4 Å². The van der Waals surface area contributed by atoms with Crippen molar-refractivity contribution in [3.05, 3.63) is 97.2 Å². The van der Waals surface area contributed by atoms with Crippen LogP contribution in [0.15, 0.2) is 97.2 Å². The van der Waals surface area contributed by atoms with Gasteiger partial charge in [0.15, 0.2) is 6.10 Å². The summed E-state index contributed by atoms with van der Waals surface area (Å²) in [6.07, 6.45) is 58.3. The first-order valence-electron chi connectivity index (χ1n) is 22.8. The Balaban J connectivity index is 4.45. The second-order valence-electron chi connectivity index (χ2n) is 14.6. The fourth-order valence-electron chi connectivity index (χ4n) is 5.75. The predicted octanol–water partition coefficient (Wildman–Crippen LogP) is 14.6. The molecule has 57 heavy (non-hydrogen) atoms. The van der Waals surface area contributed by atoms with Crippen molar-refractivity contribution in [3.63, 3.8) is 0 Å². The van der Waals surface area contributed by atoms with Crippen LogP contribution in [0.25, 0.3) is 0 Å². The fraction of sp³-hybridized carbons (Fsp3) is 0.627. The van der Waals surface area contributed by atoms with E-state index in [1.54, 1.807) is 0 Å². The van der Waals surface area contributed by atoms with E-state index in [0.717, 1.165) is 89.9 Å². The highest BCUT2D eigenvalue weighted by molar-refractivity contribution is 5.71. The largest absolute Gasteiger partial charge is 0.462 e. The van der Waals surface area contributed by atoms with Crippen molar-refractivity contribution >= 4 is 17.9 Å². The monoisotopic (exact) mass is 791 g/mol. The summed E-state index contributed by atoms with van der Waals surface area (Å²) in [5, 5.41) is 0. The highest BCUT2D eigenvalue weighted by Crippen LogP contribution is 2.12. The zero-order valence-electron chi connectivity index (χ0n) is 36.6. The van der Waals surface area contributed by atoms with Crippen LogP contribution in [0.3, 0.4) is 0 Å². The number of rotatable bonds is 39. The molecule has 6 heteroatoms. The van der Waals surface area contributed by atoms with E-state index in [1.807, 2.05) is 36.5 Å². The first kappa shape index (κ1) is 53.3. The molecule has 0 saturated heterocycles. The Morgan fingerprint density at radius 1 is 0.386 bits per heavy atom. The third-order valence-corrected chi connectivity index (χ3v) is 9.15. The van der Waals surface area contributed by atoms with Gasteiger partial charge in [-0.05, 0) is 96.3 Å². The van der Waals surface area contributed by atoms with Crippen LogP contribution >= 0.6 is 0 Å². The van der Waals surface area contributed by atoms with Gasteiger partial charge in [0.05, 0.1) is 0 Å². The number of hydrogen-bond acceptors (Lipinski definition) is 6. The SMILES string of the molecule is CC\C=C/C=C\C=C/C=C\CCCCCC(=O)OC(COC(=O)CCCC/C=C\C/C=C\CC)COC(=O)CCCCCCCCC/C=C\C/C=C\CCCCC. The number of carbonyl (C=O) groups is 3. The van der Waals surface area contributed by atoms with E-state index in [4.69, 9.17) is 14.2 Å². The first-order valence-corrected chi connectivity index (χ1v) is 22.8. The van der Waals surface area contributed by atoms with Crippen molar-refractivity contribution in [1.29, 1.82) is 0 Å². The highest BCUT2D eigenvalue weighted by atomic mass is 16.6. The molecule has 0 aromatic heterocycles. The molecule has 0 radical (unpaired) electrons. The number of hydrogen-bond donors (Lipinski definition) is 0. The lowest BCUT2D eigenvalue weighted by Crippen LogP contribution is -2.30. The lowest BCUT2D eigenvalue weighted by atomic mass is 10.1. The minimum absolute atomic E-state index is 0.110. The van der Waals surface area contributed by atoms with Gasteiger partial charge in [-0.2, -0.15) is 0 Å². The van der Waals surface area contributed by atoms with Crippen molar-refractivity contribution in [3.8, 4) is 0 Å². The molecular formula is C51H82O6. The Bertz CT molecular complexity index is 1180. The van der Waals surface area contributed by atoms with Crippen LogP contribution in [-0.4, -0.2) is 37.2 Å². The maximum absolute atomic E-state index is 12.7. The number of unbranched alkanes of at least 4 members (excludes halogenated alkanes) is 15.